The van der Waals surface area contributed by atoms with Gasteiger partial charge in [0.1, 0.15) is 6.17 Å². The van der Waals surface area contributed by atoms with Crippen LogP contribution in [0.25, 0.3) is 0 Å². The molecule has 2 heteroatoms. The molecule has 0 radical (unpaired) electrons. The molecule has 0 bridgehead atoms. The average Bonchev–Trinajstić information content (AvgIpc) is 2.52. The topological polar surface area (TPSA) is 20.2 Å². The molecule has 0 aromatic rings. The molecule has 1 nitrogen and oxygen atoms in total. The molecule has 0 aliphatic heterocycles. The summed E-state index contributed by atoms with van der Waals surface area (Å²) in [7, 11) is 0. The van der Waals surface area contributed by atoms with Gasteiger partial charge in [-0.05, 0) is 74.0 Å². The van der Waals surface area contributed by atoms with Crippen LogP contribution in [0, 0.1) is 35.5 Å². The lowest BCUT2D eigenvalue weighted by Gasteiger charge is -2.45. The first-order valence-corrected chi connectivity index (χ1v) is 9.88. The van der Waals surface area contributed by atoms with Crippen LogP contribution in [0.2, 0.25) is 0 Å². The fraction of sp³-hybridized carbons (Fsp3) is 1.00. The Morgan fingerprint density at radius 1 is 0.636 bits per heavy atom. The predicted octanol–water partition coefficient (Wildman–Crippen LogP) is 5.36. The molecule has 3 rings (SSSR count). The second-order valence-electron chi connectivity index (χ2n) is 8.88. The van der Waals surface area contributed by atoms with Crippen LogP contribution in [0.3, 0.4) is 0 Å². The SMILES string of the molecule is CC1CCC(C2CCC(C3CCC(C)CC3)C(F)C2O)CC1. The molecule has 0 aromatic heterocycles. The van der Waals surface area contributed by atoms with Crippen LogP contribution in [0.5, 0.6) is 0 Å². The minimum Gasteiger partial charge on any atom is -0.390 e. The van der Waals surface area contributed by atoms with E-state index >= 15 is 0 Å². The van der Waals surface area contributed by atoms with E-state index < -0.39 is 12.3 Å². The first kappa shape index (κ1) is 16.7. The molecule has 128 valence electrons. The van der Waals surface area contributed by atoms with Gasteiger partial charge in [-0.2, -0.15) is 0 Å². The maximum absolute atomic E-state index is 15.0. The van der Waals surface area contributed by atoms with Crippen molar-refractivity contribution >= 4 is 0 Å². The molecule has 22 heavy (non-hydrogen) atoms. The van der Waals surface area contributed by atoms with Gasteiger partial charge < -0.3 is 5.11 Å². The molecular formula is C20H35FO. The maximum Gasteiger partial charge on any atom is 0.129 e. The summed E-state index contributed by atoms with van der Waals surface area (Å²) >= 11 is 0. The van der Waals surface area contributed by atoms with Crippen LogP contribution in [-0.4, -0.2) is 17.4 Å². The van der Waals surface area contributed by atoms with Crippen molar-refractivity contribution in [1.29, 1.82) is 0 Å². The van der Waals surface area contributed by atoms with Crippen molar-refractivity contribution in [2.75, 3.05) is 0 Å². The minimum atomic E-state index is -0.962. The van der Waals surface area contributed by atoms with Gasteiger partial charge in [-0.15, -0.1) is 0 Å². The lowest BCUT2D eigenvalue weighted by molar-refractivity contribution is -0.0772. The quantitative estimate of drug-likeness (QED) is 0.727. The summed E-state index contributed by atoms with van der Waals surface area (Å²) in [5.41, 5.74) is 0. The summed E-state index contributed by atoms with van der Waals surface area (Å²) in [5, 5.41) is 10.6. The molecule has 0 heterocycles. The number of aliphatic hydroxyl groups is 1. The Balaban J connectivity index is 1.57. The largest absolute Gasteiger partial charge is 0.390 e. The van der Waals surface area contributed by atoms with Gasteiger partial charge in [-0.25, -0.2) is 4.39 Å². The second kappa shape index (κ2) is 7.20. The van der Waals surface area contributed by atoms with Crippen LogP contribution in [-0.2, 0) is 0 Å². The standard InChI is InChI=1S/C20H35FO/c1-13-3-7-15(8-4-13)17-11-12-18(20(22)19(17)21)16-9-5-14(2)6-10-16/h13-20,22H,3-12H2,1-2H3. The summed E-state index contributed by atoms with van der Waals surface area (Å²) in [6.45, 7) is 4.64. The van der Waals surface area contributed by atoms with Crippen LogP contribution in [0.15, 0.2) is 0 Å². The zero-order valence-corrected chi connectivity index (χ0v) is 14.5. The fourth-order valence-corrected chi connectivity index (χ4v) is 5.64. The molecule has 1 N–H and O–H groups in total. The van der Waals surface area contributed by atoms with E-state index in [-0.39, 0.29) is 11.8 Å². The van der Waals surface area contributed by atoms with E-state index in [2.05, 4.69) is 13.8 Å². The summed E-state index contributed by atoms with van der Waals surface area (Å²) < 4.78 is 15.0. The smallest absolute Gasteiger partial charge is 0.129 e. The van der Waals surface area contributed by atoms with Gasteiger partial charge in [-0.1, -0.05) is 39.5 Å². The van der Waals surface area contributed by atoms with Crippen molar-refractivity contribution in [2.24, 2.45) is 35.5 Å². The van der Waals surface area contributed by atoms with Gasteiger partial charge in [0.25, 0.3) is 0 Å². The van der Waals surface area contributed by atoms with Crippen LogP contribution in [0.4, 0.5) is 4.39 Å². The van der Waals surface area contributed by atoms with E-state index in [4.69, 9.17) is 0 Å². The number of hydrogen-bond donors (Lipinski definition) is 1. The number of alkyl halides is 1. The van der Waals surface area contributed by atoms with E-state index in [1.54, 1.807) is 0 Å². The van der Waals surface area contributed by atoms with Crippen molar-refractivity contribution in [1.82, 2.24) is 0 Å². The molecule has 3 aliphatic rings. The summed E-state index contributed by atoms with van der Waals surface area (Å²) in [6.07, 6.45) is 10.3. The molecule has 3 saturated carbocycles. The number of rotatable bonds is 2. The van der Waals surface area contributed by atoms with E-state index in [0.717, 1.165) is 24.7 Å². The second-order valence-corrected chi connectivity index (χ2v) is 8.88. The van der Waals surface area contributed by atoms with Gasteiger partial charge in [0.15, 0.2) is 0 Å². The summed E-state index contributed by atoms with van der Waals surface area (Å²) in [5.74, 6) is 3.14. The average molecular weight is 310 g/mol. The van der Waals surface area contributed by atoms with E-state index in [0.29, 0.717) is 11.8 Å². The van der Waals surface area contributed by atoms with Gasteiger partial charge in [0, 0.05) is 0 Å². The van der Waals surface area contributed by atoms with Crippen molar-refractivity contribution in [2.45, 2.75) is 90.3 Å². The van der Waals surface area contributed by atoms with Crippen LogP contribution >= 0.6 is 0 Å². The van der Waals surface area contributed by atoms with E-state index in [1.807, 2.05) is 0 Å². The van der Waals surface area contributed by atoms with Crippen molar-refractivity contribution in [3.63, 3.8) is 0 Å². The number of halogens is 1. The Morgan fingerprint density at radius 3 is 1.55 bits per heavy atom. The molecule has 0 aromatic carbocycles. The molecule has 4 unspecified atom stereocenters. The zero-order valence-electron chi connectivity index (χ0n) is 14.5. The highest BCUT2D eigenvalue weighted by atomic mass is 19.1. The Labute approximate surface area is 136 Å². The third-order valence-corrected chi connectivity index (χ3v) is 7.34. The maximum atomic E-state index is 15.0. The van der Waals surface area contributed by atoms with E-state index in [1.165, 1.54) is 51.4 Å². The number of aliphatic hydroxyl groups excluding tert-OH is 1. The molecule has 0 spiro atoms. The van der Waals surface area contributed by atoms with E-state index in [9.17, 15) is 9.50 Å². The Morgan fingerprint density at radius 2 is 1.05 bits per heavy atom. The van der Waals surface area contributed by atoms with Gasteiger partial charge in [0.2, 0.25) is 0 Å². The molecule has 0 amide bonds. The summed E-state index contributed by atoms with van der Waals surface area (Å²) in [6, 6.07) is 0. The predicted molar refractivity (Wildman–Crippen MR) is 89.4 cm³/mol. The highest BCUT2D eigenvalue weighted by molar-refractivity contribution is 4.94. The normalized spacial score (nSPS) is 50.7. The minimum absolute atomic E-state index is 0.140. The Bertz CT molecular complexity index is 308. The first-order chi connectivity index (χ1) is 10.6. The molecule has 3 aliphatic carbocycles. The highest BCUT2D eigenvalue weighted by Gasteiger charge is 2.45. The monoisotopic (exact) mass is 310 g/mol. The van der Waals surface area contributed by atoms with Crippen molar-refractivity contribution < 1.29 is 9.50 Å². The Hall–Kier alpha value is -0.110. The fourth-order valence-electron chi connectivity index (χ4n) is 5.64. The lowest BCUT2D eigenvalue weighted by Crippen LogP contribution is -2.47. The van der Waals surface area contributed by atoms with Crippen LogP contribution < -0.4 is 0 Å². The molecule has 0 saturated heterocycles. The highest BCUT2D eigenvalue weighted by Crippen LogP contribution is 2.46. The Kier molecular flexibility index (Phi) is 5.47. The lowest BCUT2D eigenvalue weighted by atomic mass is 9.63. The van der Waals surface area contributed by atoms with Crippen molar-refractivity contribution in [3.8, 4) is 0 Å². The number of hydrogen-bond acceptors (Lipinski definition) is 1. The van der Waals surface area contributed by atoms with Gasteiger partial charge in [0.05, 0.1) is 6.10 Å². The molecular weight excluding hydrogens is 275 g/mol. The third-order valence-electron chi connectivity index (χ3n) is 7.34. The summed E-state index contributed by atoms with van der Waals surface area (Å²) in [4.78, 5) is 0. The van der Waals surface area contributed by atoms with Gasteiger partial charge >= 0.3 is 0 Å². The first-order valence-electron chi connectivity index (χ1n) is 9.88. The molecule has 4 atom stereocenters. The third kappa shape index (κ3) is 3.52. The van der Waals surface area contributed by atoms with Gasteiger partial charge in [-0.3, -0.25) is 0 Å². The van der Waals surface area contributed by atoms with Crippen LogP contribution in [0.1, 0.15) is 78.1 Å². The molecule has 3 fully saturated rings. The zero-order chi connectivity index (χ0) is 15.7. The van der Waals surface area contributed by atoms with Crippen molar-refractivity contribution in [3.05, 3.63) is 0 Å².